The van der Waals surface area contributed by atoms with Gasteiger partial charge in [0.2, 0.25) is 0 Å². The number of ketones is 1. The predicted octanol–water partition coefficient (Wildman–Crippen LogP) is 6.94. The number of likely N-dealkylation sites (tertiary alicyclic amines) is 1. The van der Waals surface area contributed by atoms with E-state index in [-0.39, 0.29) is 5.60 Å². The normalized spacial score (nSPS) is 46.1. The van der Waals surface area contributed by atoms with E-state index in [1.165, 1.54) is 58.2 Å². The Labute approximate surface area is 240 Å². The highest BCUT2D eigenvalue weighted by Gasteiger charge is 2.60. The second-order valence-corrected chi connectivity index (χ2v) is 16.0. The van der Waals surface area contributed by atoms with E-state index in [0.29, 0.717) is 35.2 Å². The lowest BCUT2D eigenvalue weighted by Gasteiger charge is -2.52. The zero-order valence-corrected chi connectivity index (χ0v) is 26.7. The van der Waals surface area contributed by atoms with Crippen LogP contribution < -0.4 is 0 Å². The zero-order chi connectivity index (χ0) is 28.3. The molecule has 4 aliphatic carbocycles. The van der Waals surface area contributed by atoms with Gasteiger partial charge < -0.3 is 16.1 Å². The minimum atomic E-state index is 0.0313. The molecule has 39 heavy (non-hydrogen) atoms. The number of ether oxygens (including phenoxy) is 1. The van der Waals surface area contributed by atoms with Crippen molar-refractivity contribution >= 4 is 5.78 Å². The van der Waals surface area contributed by atoms with Gasteiger partial charge in [-0.1, -0.05) is 31.9 Å². The molecule has 2 heterocycles. The summed E-state index contributed by atoms with van der Waals surface area (Å²) in [6, 6.07) is 0.584. The molecule has 0 radical (unpaired) electrons. The van der Waals surface area contributed by atoms with Gasteiger partial charge in [-0.15, -0.1) is 0 Å². The average molecular weight is 541 g/mol. The van der Waals surface area contributed by atoms with Crippen molar-refractivity contribution in [3.05, 3.63) is 18.1 Å². The molecule has 5 fully saturated rings. The van der Waals surface area contributed by atoms with Gasteiger partial charge in [-0.3, -0.25) is 9.69 Å². The number of likely N-dealkylation sites (N-methyl/N-ethyl adjacent to an activating group) is 1. The molecule has 0 aromatic carbocycles. The van der Waals surface area contributed by atoms with E-state index in [1.807, 2.05) is 5.57 Å². The lowest BCUT2D eigenvalue weighted by Crippen LogP contribution is -2.54. The van der Waals surface area contributed by atoms with Crippen LogP contribution in [0.15, 0.2) is 11.1 Å². The minimum Gasteiger partial charge on any atom is -0.369 e. The topological polar surface area (TPSA) is 29.5 Å². The Bertz CT molecular complexity index is 951. The number of carbonyl (C=O) groups is 1. The highest BCUT2D eigenvalue weighted by Crippen LogP contribution is 2.65. The van der Waals surface area contributed by atoms with Crippen molar-refractivity contribution < 1.29 is 14.0 Å². The Hall–Kier alpha value is -0.710. The molecule has 0 aromatic heterocycles. The quantitative estimate of drug-likeness (QED) is 0.221. The van der Waals surface area contributed by atoms with Gasteiger partial charge in [-0.25, -0.2) is 0 Å². The summed E-state index contributed by atoms with van der Waals surface area (Å²) in [5.41, 5.74) is 3.93. The fraction of sp³-hybridized carbons (Fsp3) is 0.886. The summed E-state index contributed by atoms with van der Waals surface area (Å²) in [5, 5.41) is 0. The van der Waals surface area contributed by atoms with Crippen LogP contribution in [0, 0.1) is 47.8 Å². The van der Waals surface area contributed by atoms with Crippen molar-refractivity contribution in [1.82, 2.24) is 4.90 Å². The number of carbonyl (C=O) groups excluding carboxylic acids is 1. The lowest BCUT2D eigenvalue weighted by atomic mass is 9.52. The van der Waals surface area contributed by atoms with Crippen LogP contribution in [0.5, 0.6) is 0 Å². The summed E-state index contributed by atoms with van der Waals surface area (Å²) < 4.78 is 8.32. The van der Waals surface area contributed by atoms with Gasteiger partial charge >= 0.3 is 0 Å². The molecule has 222 valence electrons. The number of hydrogen-bond donors (Lipinski definition) is 0. The molecule has 0 unspecified atom stereocenters. The van der Waals surface area contributed by atoms with Crippen molar-refractivity contribution in [2.75, 3.05) is 40.8 Å². The molecule has 4 heteroatoms. The molecule has 0 aromatic rings. The first kappa shape index (κ1) is 29.8. The van der Waals surface area contributed by atoms with Gasteiger partial charge in [0.05, 0.1) is 39.4 Å². The number of quaternary nitrogens is 1. The number of fused-ring (bicyclic) bond motifs is 6. The molecule has 4 nitrogen and oxygen atoms in total. The van der Waals surface area contributed by atoms with Gasteiger partial charge in [-0.2, -0.15) is 6.92 Å². The molecule has 6 rings (SSSR count). The Balaban J connectivity index is 0.00000151. The molecule has 0 amide bonds. The third kappa shape index (κ3) is 5.22. The summed E-state index contributed by atoms with van der Waals surface area (Å²) in [7, 11) is 6.98. The third-order valence-corrected chi connectivity index (χ3v) is 12.7. The van der Waals surface area contributed by atoms with Gasteiger partial charge in [0, 0.05) is 37.9 Å². The SMILES string of the molecule is CC1=C2C[C@H]3[C@@H](CC[C@@H]4CC(=O)CC[C@@]43C)[C@@H]2CC[C@@]2(C1)O[C@@H]1C[C@H](C)CN(CC[N+](C)(C)C)[C@H]1[C@H]2C.[CH2-]C. The van der Waals surface area contributed by atoms with E-state index in [9.17, 15) is 4.79 Å². The van der Waals surface area contributed by atoms with Crippen LogP contribution in [0.3, 0.4) is 0 Å². The second-order valence-electron chi connectivity index (χ2n) is 16.0. The summed E-state index contributed by atoms with van der Waals surface area (Å²) in [6.45, 7) is 18.7. The largest absolute Gasteiger partial charge is 0.369 e. The van der Waals surface area contributed by atoms with Crippen LogP contribution in [0.2, 0.25) is 0 Å². The van der Waals surface area contributed by atoms with Gasteiger partial charge in [0.25, 0.3) is 0 Å². The molecular weight excluding hydrogens is 480 g/mol. The van der Waals surface area contributed by atoms with Gasteiger partial charge in [0.15, 0.2) is 0 Å². The first-order chi connectivity index (χ1) is 18.4. The fourth-order valence-corrected chi connectivity index (χ4v) is 10.7. The van der Waals surface area contributed by atoms with Crippen LogP contribution >= 0.6 is 0 Å². The zero-order valence-electron chi connectivity index (χ0n) is 26.7. The van der Waals surface area contributed by atoms with Crippen LogP contribution in [0.4, 0.5) is 0 Å². The Morgan fingerprint density at radius 2 is 1.82 bits per heavy atom. The Morgan fingerprint density at radius 3 is 2.54 bits per heavy atom. The van der Waals surface area contributed by atoms with Gasteiger partial charge in [0.1, 0.15) is 5.78 Å². The van der Waals surface area contributed by atoms with Crippen molar-refractivity contribution in [2.24, 2.45) is 40.9 Å². The lowest BCUT2D eigenvalue weighted by molar-refractivity contribution is -0.869. The summed E-state index contributed by atoms with van der Waals surface area (Å²) in [6.07, 6.45) is 12.2. The van der Waals surface area contributed by atoms with Crippen molar-refractivity contribution in [3.63, 3.8) is 0 Å². The third-order valence-electron chi connectivity index (χ3n) is 12.7. The maximum Gasteiger partial charge on any atom is 0.133 e. The van der Waals surface area contributed by atoms with E-state index in [2.05, 4.69) is 60.7 Å². The highest BCUT2D eigenvalue weighted by atomic mass is 16.5. The Morgan fingerprint density at radius 1 is 1.08 bits per heavy atom. The number of rotatable bonds is 3. The average Bonchev–Trinajstić information content (AvgIpc) is 3.34. The van der Waals surface area contributed by atoms with Gasteiger partial charge in [-0.05, 0) is 93.3 Å². The molecule has 6 aliphatic rings. The van der Waals surface area contributed by atoms with E-state index in [0.717, 1.165) is 53.8 Å². The molecule has 0 N–H and O–H groups in total. The first-order valence-corrected chi connectivity index (χ1v) is 16.5. The molecule has 3 saturated carbocycles. The van der Waals surface area contributed by atoms with E-state index in [4.69, 9.17) is 4.74 Å². The molecule has 0 bridgehead atoms. The highest BCUT2D eigenvalue weighted by molar-refractivity contribution is 5.79. The second kappa shape index (κ2) is 10.8. The summed E-state index contributed by atoms with van der Waals surface area (Å²) >= 11 is 0. The fourth-order valence-electron chi connectivity index (χ4n) is 10.7. The van der Waals surface area contributed by atoms with E-state index >= 15 is 0 Å². The molecule has 2 aliphatic heterocycles. The van der Waals surface area contributed by atoms with Crippen molar-refractivity contribution in [1.29, 1.82) is 0 Å². The Kier molecular flexibility index (Phi) is 8.28. The van der Waals surface area contributed by atoms with Crippen LogP contribution in [0.25, 0.3) is 0 Å². The number of hydrogen-bond acceptors (Lipinski definition) is 3. The molecule has 1 spiro atoms. The number of nitrogens with zero attached hydrogens (tertiary/aromatic N) is 2. The monoisotopic (exact) mass is 540 g/mol. The summed E-state index contributed by atoms with van der Waals surface area (Å²) in [5.74, 6) is 4.91. The van der Waals surface area contributed by atoms with Crippen LogP contribution in [-0.2, 0) is 9.53 Å². The maximum atomic E-state index is 12.3. The predicted molar refractivity (Wildman–Crippen MR) is 161 cm³/mol. The number of piperidine rings is 1. The smallest absolute Gasteiger partial charge is 0.133 e. The van der Waals surface area contributed by atoms with Crippen LogP contribution in [-0.4, -0.2) is 73.7 Å². The van der Waals surface area contributed by atoms with E-state index < -0.39 is 0 Å². The standard InChI is InChI=1S/C33H55N2O2.C2H5/c1-21-16-30-31(34(20-21)14-15-35(5,6)7)23(3)33(37-30)13-11-26-27-9-8-24-17-25(36)10-12-32(24,4)29(27)18-28(26)22(2)19-33;1-2/h21,23-24,26-27,29-31H,8-20H2,1-7H3;1H2,2H3/q+1;-1/t21-,23+,24+,26-,27-,29-,30+,31-,32-,33-;/m0./s1. The number of allylic oxidation sites excluding steroid dienone is 1. The first-order valence-electron chi connectivity index (χ1n) is 16.5. The van der Waals surface area contributed by atoms with Crippen LogP contribution in [0.1, 0.15) is 98.8 Å². The van der Waals surface area contributed by atoms with Crippen molar-refractivity contribution in [2.45, 2.75) is 117 Å². The number of Topliss-reactive ketones (excluding diaryl/α,β-unsaturated/α-hetero) is 1. The minimum absolute atomic E-state index is 0.0313. The van der Waals surface area contributed by atoms with E-state index in [1.54, 1.807) is 12.5 Å². The molecule has 2 saturated heterocycles. The summed E-state index contributed by atoms with van der Waals surface area (Å²) in [4.78, 5) is 15.1. The molecular formula is C35H60N2O2. The van der Waals surface area contributed by atoms with Crippen molar-refractivity contribution in [3.8, 4) is 0 Å². The molecule has 10 atom stereocenters. The maximum absolute atomic E-state index is 12.3.